The maximum atomic E-state index is 14.4. The van der Waals surface area contributed by atoms with Gasteiger partial charge in [0.2, 0.25) is 0 Å². The van der Waals surface area contributed by atoms with E-state index in [2.05, 4.69) is 4.98 Å². The molecule has 3 rings (SSSR count). The molecule has 28 heavy (non-hydrogen) atoms. The van der Waals surface area contributed by atoms with Gasteiger partial charge in [0.25, 0.3) is 0 Å². The monoisotopic (exact) mass is 383 g/mol. The van der Waals surface area contributed by atoms with Gasteiger partial charge in [-0.15, -0.1) is 0 Å². The zero-order valence-corrected chi connectivity index (χ0v) is 14.4. The van der Waals surface area contributed by atoms with Crippen molar-refractivity contribution < 1.29 is 24.0 Å². The van der Waals surface area contributed by atoms with Crippen LogP contribution in [0.2, 0.25) is 0 Å². The topological polar surface area (TPSA) is 106 Å². The van der Waals surface area contributed by atoms with Gasteiger partial charge in [-0.05, 0) is 33.7 Å². The standard InChI is InChI=1S/C19H14FN3O5/c20-16-10-14(22(19(24)25)12-13-4-2-1-3-5-13)6-8-17(16)28-15-7-9-18(21-11-15)23(26)27/h1-11H,12H2,(H,24,25). The van der Waals surface area contributed by atoms with E-state index < -0.39 is 16.8 Å². The van der Waals surface area contributed by atoms with Gasteiger partial charge in [0.05, 0.1) is 12.2 Å². The molecule has 0 spiro atoms. The molecule has 0 saturated heterocycles. The zero-order valence-electron chi connectivity index (χ0n) is 14.4. The molecule has 0 saturated carbocycles. The van der Waals surface area contributed by atoms with Crippen molar-refractivity contribution in [3.63, 3.8) is 0 Å². The number of pyridine rings is 1. The molecule has 0 aliphatic carbocycles. The molecule has 3 aromatic rings. The Hall–Kier alpha value is -4.01. The van der Waals surface area contributed by atoms with Crippen molar-refractivity contribution in [3.05, 3.63) is 88.4 Å². The van der Waals surface area contributed by atoms with Crippen molar-refractivity contribution >= 4 is 17.6 Å². The Balaban J connectivity index is 1.80. The smallest absolute Gasteiger partial charge is 0.412 e. The molecular weight excluding hydrogens is 369 g/mol. The Morgan fingerprint density at radius 2 is 1.93 bits per heavy atom. The van der Waals surface area contributed by atoms with E-state index in [0.717, 1.165) is 28.8 Å². The van der Waals surface area contributed by atoms with Crippen LogP contribution in [0.15, 0.2) is 66.9 Å². The summed E-state index contributed by atoms with van der Waals surface area (Å²) in [7, 11) is 0. The SMILES string of the molecule is O=C(O)N(Cc1ccccc1)c1ccc(Oc2ccc([N+](=O)[O-])nc2)c(F)c1. The highest BCUT2D eigenvalue weighted by Crippen LogP contribution is 2.29. The predicted octanol–water partition coefficient (Wildman–Crippen LogP) is 4.61. The fourth-order valence-corrected chi connectivity index (χ4v) is 2.44. The number of carboxylic acid groups (broad SMARTS) is 1. The van der Waals surface area contributed by atoms with E-state index in [1.807, 2.05) is 6.07 Å². The van der Waals surface area contributed by atoms with Gasteiger partial charge in [0.15, 0.2) is 23.5 Å². The number of nitro groups is 1. The Morgan fingerprint density at radius 1 is 1.18 bits per heavy atom. The molecule has 9 heteroatoms. The van der Waals surface area contributed by atoms with E-state index in [1.165, 1.54) is 18.2 Å². The van der Waals surface area contributed by atoms with Gasteiger partial charge in [-0.1, -0.05) is 30.3 Å². The maximum Gasteiger partial charge on any atom is 0.412 e. The molecule has 142 valence electrons. The average Bonchev–Trinajstić information content (AvgIpc) is 2.69. The summed E-state index contributed by atoms with van der Waals surface area (Å²) in [5.41, 5.74) is 0.894. The van der Waals surface area contributed by atoms with Gasteiger partial charge in [0, 0.05) is 12.1 Å². The second kappa shape index (κ2) is 8.12. The first kappa shape index (κ1) is 18.8. The minimum atomic E-state index is -1.23. The maximum absolute atomic E-state index is 14.4. The molecule has 1 aromatic heterocycles. The zero-order chi connectivity index (χ0) is 20.1. The van der Waals surface area contributed by atoms with Crippen molar-refractivity contribution in [2.24, 2.45) is 0 Å². The third kappa shape index (κ3) is 4.39. The van der Waals surface area contributed by atoms with E-state index in [1.54, 1.807) is 24.3 Å². The minimum absolute atomic E-state index is 0.0576. The van der Waals surface area contributed by atoms with Crippen molar-refractivity contribution in [1.82, 2.24) is 4.98 Å². The summed E-state index contributed by atoms with van der Waals surface area (Å²) < 4.78 is 19.8. The van der Waals surface area contributed by atoms with Gasteiger partial charge in [-0.3, -0.25) is 4.90 Å². The van der Waals surface area contributed by atoms with E-state index >= 15 is 0 Å². The Bertz CT molecular complexity index is 996. The molecular formula is C19H14FN3O5. The third-order valence-corrected chi connectivity index (χ3v) is 3.78. The number of ether oxygens (including phenoxy) is 1. The normalized spacial score (nSPS) is 10.3. The van der Waals surface area contributed by atoms with E-state index in [-0.39, 0.29) is 29.5 Å². The highest BCUT2D eigenvalue weighted by molar-refractivity contribution is 5.86. The predicted molar refractivity (Wildman–Crippen MR) is 98.0 cm³/mol. The molecule has 0 fully saturated rings. The van der Waals surface area contributed by atoms with Crippen LogP contribution in [-0.2, 0) is 6.54 Å². The van der Waals surface area contributed by atoms with Crippen LogP contribution in [-0.4, -0.2) is 21.1 Å². The summed E-state index contributed by atoms with van der Waals surface area (Å²) in [5, 5.41) is 20.1. The number of aromatic nitrogens is 1. The number of hydrogen-bond donors (Lipinski definition) is 1. The summed E-state index contributed by atoms with van der Waals surface area (Å²) >= 11 is 0. The Kier molecular flexibility index (Phi) is 5.45. The lowest BCUT2D eigenvalue weighted by molar-refractivity contribution is -0.389. The Labute approximate surface area is 158 Å². The molecule has 1 N–H and O–H groups in total. The molecule has 0 radical (unpaired) electrons. The quantitative estimate of drug-likeness (QED) is 0.492. The molecule has 1 amide bonds. The lowest BCUT2D eigenvalue weighted by Crippen LogP contribution is -2.28. The van der Waals surface area contributed by atoms with Crippen LogP contribution in [0.25, 0.3) is 0 Å². The number of carbonyl (C=O) groups is 1. The van der Waals surface area contributed by atoms with Crippen LogP contribution in [0.1, 0.15) is 5.56 Å². The van der Waals surface area contributed by atoms with Gasteiger partial charge < -0.3 is 20.0 Å². The van der Waals surface area contributed by atoms with Gasteiger partial charge in [0.1, 0.15) is 0 Å². The first-order valence-electron chi connectivity index (χ1n) is 8.06. The summed E-state index contributed by atoms with van der Waals surface area (Å²) in [6.07, 6.45) is -0.124. The van der Waals surface area contributed by atoms with Crippen molar-refractivity contribution in [1.29, 1.82) is 0 Å². The highest BCUT2D eigenvalue weighted by Gasteiger charge is 2.18. The number of anilines is 1. The third-order valence-electron chi connectivity index (χ3n) is 3.78. The van der Waals surface area contributed by atoms with E-state index in [9.17, 15) is 24.4 Å². The molecule has 2 aromatic carbocycles. The largest absolute Gasteiger partial charge is 0.465 e. The number of halogens is 1. The van der Waals surface area contributed by atoms with Crippen LogP contribution >= 0.6 is 0 Å². The van der Waals surface area contributed by atoms with Crippen LogP contribution < -0.4 is 9.64 Å². The van der Waals surface area contributed by atoms with Crippen LogP contribution in [0.4, 0.5) is 20.7 Å². The fourth-order valence-electron chi connectivity index (χ4n) is 2.44. The number of rotatable bonds is 6. The molecule has 0 atom stereocenters. The summed E-state index contributed by atoms with van der Waals surface area (Å²) in [6, 6.07) is 15.1. The molecule has 8 nitrogen and oxygen atoms in total. The van der Waals surface area contributed by atoms with Crippen LogP contribution in [0.3, 0.4) is 0 Å². The molecule has 0 aliphatic rings. The summed E-state index contributed by atoms with van der Waals surface area (Å²) in [4.78, 5) is 26.1. The molecule has 0 unspecified atom stereocenters. The Morgan fingerprint density at radius 3 is 2.50 bits per heavy atom. The van der Waals surface area contributed by atoms with E-state index in [4.69, 9.17) is 4.74 Å². The first-order chi connectivity index (χ1) is 13.4. The first-order valence-corrected chi connectivity index (χ1v) is 8.06. The van der Waals surface area contributed by atoms with Crippen molar-refractivity contribution in [3.8, 4) is 11.5 Å². The summed E-state index contributed by atoms with van der Waals surface area (Å²) in [5.74, 6) is -1.20. The number of amides is 1. The van der Waals surface area contributed by atoms with Gasteiger partial charge >= 0.3 is 11.9 Å². The molecule has 0 bridgehead atoms. The van der Waals surface area contributed by atoms with Gasteiger partial charge in [-0.25, -0.2) is 9.18 Å². The van der Waals surface area contributed by atoms with Gasteiger partial charge in [-0.2, -0.15) is 0 Å². The van der Waals surface area contributed by atoms with E-state index in [0.29, 0.717) is 0 Å². The number of hydrogen-bond acceptors (Lipinski definition) is 5. The second-order valence-corrected chi connectivity index (χ2v) is 5.68. The molecule has 1 heterocycles. The fraction of sp³-hybridized carbons (Fsp3) is 0.0526. The van der Waals surface area contributed by atoms with Crippen LogP contribution in [0.5, 0.6) is 11.5 Å². The lowest BCUT2D eigenvalue weighted by Gasteiger charge is -2.20. The highest BCUT2D eigenvalue weighted by atomic mass is 19.1. The number of benzene rings is 2. The second-order valence-electron chi connectivity index (χ2n) is 5.68. The van der Waals surface area contributed by atoms with Crippen molar-refractivity contribution in [2.45, 2.75) is 6.54 Å². The lowest BCUT2D eigenvalue weighted by atomic mass is 10.2. The van der Waals surface area contributed by atoms with Crippen molar-refractivity contribution in [2.75, 3.05) is 4.90 Å². The minimum Gasteiger partial charge on any atom is -0.465 e. The number of nitrogens with zero attached hydrogens (tertiary/aromatic N) is 3. The molecule has 0 aliphatic heterocycles. The average molecular weight is 383 g/mol. The van der Waals surface area contributed by atoms with Crippen LogP contribution in [0, 0.1) is 15.9 Å². The summed E-state index contributed by atoms with van der Waals surface area (Å²) in [6.45, 7) is 0.0576.